The number of para-hydroxylation sites is 1. The quantitative estimate of drug-likeness (QED) is 0.166. The summed E-state index contributed by atoms with van der Waals surface area (Å²) in [7, 11) is 0. The van der Waals surface area contributed by atoms with Crippen LogP contribution in [0.3, 0.4) is 0 Å². The fraction of sp³-hybridized carbons (Fsp3) is 0. The van der Waals surface area contributed by atoms with E-state index in [0.29, 0.717) is 17.5 Å². The molecule has 0 bridgehead atoms. The lowest BCUT2D eigenvalue weighted by atomic mass is 10.0. The largest absolute Gasteiger partial charge is 0.456 e. The fourth-order valence-corrected chi connectivity index (χ4v) is 7.26. The van der Waals surface area contributed by atoms with Gasteiger partial charge in [-0.15, -0.1) is 0 Å². The molecule has 8 aromatic carbocycles. The van der Waals surface area contributed by atoms with Crippen molar-refractivity contribution < 1.29 is 4.42 Å². The molecule has 0 aliphatic heterocycles. The Bertz CT molecular complexity index is 2920. The van der Waals surface area contributed by atoms with Gasteiger partial charge in [0.1, 0.15) is 11.2 Å². The monoisotopic (exact) mass is 692 g/mol. The zero-order chi connectivity index (χ0) is 35.8. The van der Waals surface area contributed by atoms with Crippen LogP contribution in [0.1, 0.15) is 0 Å². The third-order valence-corrected chi connectivity index (χ3v) is 9.92. The highest BCUT2D eigenvalue weighted by molar-refractivity contribution is 6.07. The van der Waals surface area contributed by atoms with Crippen LogP contribution in [-0.4, -0.2) is 15.0 Å². The van der Waals surface area contributed by atoms with Gasteiger partial charge in [0.05, 0.1) is 0 Å². The SMILES string of the molecule is c1ccc(-c2ccc(N(c3ccccc3)c3ccc4c(c3)oc3cc(-c5nc(-c6ccccc6)nc(-c6cccc7ccccc67)n5)ccc34)cc2)cc1. The maximum absolute atomic E-state index is 6.64. The number of hydrogen-bond acceptors (Lipinski definition) is 5. The smallest absolute Gasteiger partial charge is 0.164 e. The molecule has 10 rings (SSSR count). The highest BCUT2D eigenvalue weighted by Gasteiger charge is 2.18. The van der Waals surface area contributed by atoms with Crippen molar-refractivity contribution >= 4 is 49.8 Å². The molecule has 10 aromatic rings. The summed E-state index contributed by atoms with van der Waals surface area (Å²) in [6.07, 6.45) is 0. The van der Waals surface area contributed by atoms with Gasteiger partial charge in [-0.2, -0.15) is 0 Å². The maximum Gasteiger partial charge on any atom is 0.164 e. The molecule has 5 nitrogen and oxygen atoms in total. The van der Waals surface area contributed by atoms with Crippen molar-refractivity contribution in [2.45, 2.75) is 0 Å². The molecule has 0 spiro atoms. The molecule has 0 saturated heterocycles. The van der Waals surface area contributed by atoms with E-state index in [1.54, 1.807) is 0 Å². The third-order valence-electron chi connectivity index (χ3n) is 9.92. The minimum Gasteiger partial charge on any atom is -0.456 e. The molecule has 0 aliphatic rings. The summed E-state index contributed by atoms with van der Waals surface area (Å²) in [4.78, 5) is 17.3. The first-order chi connectivity index (χ1) is 26.7. The highest BCUT2D eigenvalue weighted by atomic mass is 16.3. The second-order valence-electron chi connectivity index (χ2n) is 13.3. The normalized spacial score (nSPS) is 11.3. The Balaban J connectivity index is 1.07. The van der Waals surface area contributed by atoms with Gasteiger partial charge in [-0.1, -0.05) is 140 Å². The first-order valence-corrected chi connectivity index (χ1v) is 18.0. The van der Waals surface area contributed by atoms with Crippen LogP contribution in [0, 0.1) is 0 Å². The molecule has 0 fully saturated rings. The predicted octanol–water partition coefficient (Wildman–Crippen LogP) is 13.1. The Morgan fingerprint density at radius 3 is 1.61 bits per heavy atom. The van der Waals surface area contributed by atoms with Crippen LogP contribution in [0.4, 0.5) is 17.1 Å². The molecule has 54 heavy (non-hydrogen) atoms. The van der Waals surface area contributed by atoms with E-state index in [0.717, 1.165) is 66.5 Å². The number of fused-ring (bicyclic) bond motifs is 4. The van der Waals surface area contributed by atoms with Crippen LogP contribution < -0.4 is 4.90 Å². The molecule has 0 aliphatic carbocycles. The molecule has 2 aromatic heterocycles. The Kier molecular flexibility index (Phi) is 7.73. The summed E-state index contributed by atoms with van der Waals surface area (Å²) in [5, 5.41) is 4.31. The van der Waals surface area contributed by atoms with E-state index in [-0.39, 0.29) is 0 Å². The molecule has 254 valence electrons. The van der Waals surface area contributed by atoms with Crippen molar-refractivity contribution in [1.82, 2.24) is 15.0 Å². The van der Waals surface area contributed by atoms with E-state index in [9.17, 15) is 0 Å². The molecule has 0 unspecified atom stereocenters. The van der Waals surface area contributed by atoms with E-state index in [1.807, 2.05) is 60.7 Å². The second kappa shape index (κ2) is 13.3. The van der Waals surface area contributed by atoms with Gasteiger partial charge in [0, 0.05) is 50.6 Å². The Morgan fingerprint density at radius 2 is 0.852 bits per heavy atom. The molecular weight excluding hydrogens is 661 g/mol. The van der Waals surface area contributed by atoms with Gasteiger partial charge in [0.25, 0.3) is 0 Å². The number of aromatic nitrogens is 3. The van der Waals surface area contributed by atoms with Crippen molar-refractivity contribution in [2.24, 2.45) is 0 Å². The number of hydrogen-bond donors (Lipinski definition) is 0. The van der Waals surface area contributed by atoms with Crippen molar-refractivity contribution in [3.05, 3.63) is 194 Å². The summed E-state index contributed by atoms with van der Waals surface area (Å²) in [6.45, 7) is 0. The van der Waals surface area contributed by atoms with Gasteiger partial charge in [-0.3, -0.25) is 0 Å². The summed E-state index contributed by atoms with van der Waals surface area (Å²) in [5.41, 5.74) is 9.81. The number of rotatable bonds is 7. The topological polar surface area (TPSA) is 55.1 Å². The predicted molar refractivity (Wildman–Crippen MR) is 221 cm³/mol. The molecule has 0 radical (unpaired) electrons. The van der Waals surface area contributed by atoms with E-state index >= 15 is 0 Å². The summed E-state index contributed by atoms with van der Waals surface area (Å²) >= 11 is 0. The number of anilines is 3. The number of benzene rings is 8. The third kappa shape index (κ3) is 5.74. The fourth-order valence-electron chi connectivity index (χ4n) is 7.26. The first-order valence-electron chi connectivity index (χ1n) is 18.0. The summed E-state index contributed by atoms with van der Waals surface area (Å²) < 4.78 is 6.64. The van der Waals surface area contributed by atoms with E-state index < -0.39 is 0 Å². The lowest BCUT2D eigenvalue weighted by molar-refractivity contribution is 0.669. The Labute approximate surface area is 312 Å². The second-order valence-corrected chi connectivity index (χ2v) is 13.3. The lowest BCUT2D eigenvalue weighted by Gasteiger charge is -2.25. The maximum atomic E-state index is 6.64. The molecule has 0 atom stereocenters. The number of nitrogens with zero attached hydrogens (tertiary/aromatic N) is 4. The number of furan rings is 1. The van der Waals surface area contributed by atoms with Crippen molar-refractivity contribution in [1.29, 1.82) is 0 Å². The van der Waals surface area contributed by atoms with Crippen LogP contribution in [-0.2, 0) is 0 Å². The molecular formula is C49H32N4O. The van der Waals surface area contributed by atoms with Crippen molar-refractivity contribution in [3.8, 4) is 45.3 Å². The van der Waals surface area contributed by atoms with Crippen LogP contribution in [0.15, 0.2) is 199 Å². The minimum atomic E-state index is 0.587. The zero-order valence-corrected chi connectivity index (χ0v) is 29.2. The zero-order valence-electron chi connectivity index (χ0n) is 29.2. The van der Waals surface area contributed by atoms with E-state index in [2.05, 4.69) is 138 Å². The average Bonchev–Trinajstić information content (AvgIpc) is 3.62. The Hall–Kier alpha value is -7.37. The summed E-state index contributed by atoms with van der Waals surface area (Å²) in [5.74, 6) is 1.84. The lowest BCUT2D eigenvalue weighted by Crippen LogP contribution is -2.09. The average molecular weight is 693 g/mol. The molecule has 5 heteroatoms. The first kappa shape index (κ1) is 31.4. The minimum absolute atomic E-state index is 0.587. The van der Waals surface area contributed by atoms with Crippen LogP contribution in [0.5, 0.6) is 0 Å². The molecule has 0 amide bonds. The van der Waals surface area contributed by atoms with Gasteiger partial charge in [0.15, 0.2) is 17.5 Å². The van der Waals surface area contributed by atoms with Crippen molar-refractivity contribution in [2.75, 3.05) is 4.90 Å². The molecule has 0 N–H and O–H groups in total. The van der Waals surface area contributed by atoms with Gasteiger partial charge in [0.2, 0.25) is 0 Å². The van der Waals surface area contributed by atoms with Gasteiger partial charge in [-0.25, -0.2) is 15.0 Å². The van der Waals surface area contributed by atoms with E-state index in [4.69, 9.17) is 19.4 Å². The van der Waals surface area contributed by atoms with Crippen molar-refractivity contribution in [3.63, 3.8) is 0 Å². The Morgan fingerprint density at radius 1 is 0.333 bits per heavy atom. The van der Waals surface area contributed by atoms with Crippen LogP contribution in [0.25, 0.3) is 78.0 Å². The van der Waals surface area contributed by atoms with Crippen LogP contribution >= 0.6 is 0 Å². The molecule has 0 saturated carbocycles. The van der Waals surface area contributed by atoms with Gasteiger partial charge >= 0.3 is 0 Å². The van der Waals surface area contributed by atoms with E-state index in [1.165, 1.54) is 11.1 Å². The van der Waals surface area contributed by atoms with Gasteiger partial charge in [-0.05, 0) is 70.4 Å². The highest BCUT2D eigenvalue weighted by Crippen LogP contribution is 2.40. The standard InChI is InChI=1S/C49H32N4O/c1-4-13-33(14-5-1)34-23-26-39(27-24-34)53(38-19-8-3-9-20-38)40-28-30-43-42-29-25-37(31-45(42)54-46(43)32-40)48-50-47(36-16-6-2-7-17-36)51-49(52-48)44-22-12-18-35-15-10-11-21-41(35)44/h1-32H. The summed E-state index contributed by atoms with van der Waals surface area (Å²) in [6, 6.07) is 66.9. The van der Waals surface area contributed by atoms with Crippen LogP contribution in [0.2, 0.25) is 0 Å². The molecule has 2 heterocycles. The van der Waals surface area contributed by atoms with Gasteiger partial charge < -0.3 is 9.32 Å².